The highest BCUT2D eigenvalue weighted by atomic mass is 15.2. The molecule has 100 valence electrons. The van der Waals surface area contributed by atoms with Gasteiger partial charge < -0.3 is 10.2 Å². The van der Waals surface area contributed by atoms with Crippen LogP contribution in [0.4, 0.5) is 0 Å². The van der Waals surface area contributed by atoms with Crippen LogP contribution in [0.5, 0.6) is 0 Å². The summed E-state index contributed by atoms with van der Waals surface area (Å²) in [6, 6.07) is 7.55. The highest BCUT2D eigenvalue weighted by Crippen LogP contribution is 2.25. The van der Waals surface area contributed by atoms with Gasteiger partial charge in [-0.2, -0.15) is 0 Å². The Morgan fingerprint density at radius 3 is 2.95 bits per heavy atom. The van der Waals surface area contributed by atoms with Gasteiger partial charge in [-0.3, -0.25) is 0 Å². The van der Waals surface area contributed by atoms with Crippen LogP contribution < -0.4 is 15.8 Å². The average Bonchev–Trinajstić information content (AvgIpc) is 2.85. The molecule has 4 rings (SSSR count). The fraction of sp³-hybridized carbons (Fsp3) is 0.529. The Kier molecular flexibility index (Phi) is 2.66. The smallest absolute Gasteiger partial charge is 0.0327 e. The van der Waals surface area contributed by atoms with Gasteiger partial charge in [-0.05, 0) is 43.4 Å². The molecule has 0 radical (unpaired) electrons. The van der Waals surface area contributed by atoms with E-state index < -0.39 is 0 Å². The Morgan fingerprint density at radius 2 is 2.05 bits per heavy atom. The summed E-state index contributed by atoms with van der Waals surface area (Å²) in [5.41, 5.74) is 4.92. The van der Waals surface area contributed by atoms with Crippen molar-refractivity contribution in [1.82, 2.24) is 10.2 Å². The number of nitrogens with zero attached hydrogens (tertiary/aromatic N) is 1. The third-order valence-electron chi connectivity index (χ3n) is 4.93. The zero-order valence-electron chi connectivity index (χ0n) is 11.7. The van der Waals surface area contributed by atoms with Crippen molar-refractivity contribution in [2.75, 3.05) is 19.6 Å². The van der Waals surface area contributed by atoms with Crippen molar-refractivity contribution in [3.8, 4) is 0 Å². The molecule has 2 nitrogen and oxygen atoms in total. The van der Waals surface area contributed by atoms with E-state index in [-0.39, 0.29) is 0 Å². The lowest BCUT2D eigenvalue weighted by Gasteiger charge is -2.36. The van der Waals surface area contributed by atoms with Gasteiger partial charge in [0, 0.05) is 36.6 Å². The first kappa shape index (κ1) is 11.5. The first-order valence-corrected chi connectivity index (χ1v) is 7.64. The third kappa shape index (κ3) is 1.81. The topological polar surface area (TPSA) is 15.3 Å². The van der Waals surface area contributed by atoms with E-state index in [4.69, 9.17) is 0 Å². The summed E-state index contributed by atoms with van der Waals surface area (Å²) < 4.78 is 0. The highest BCUT2D eigenvalue weighted by Gasteiger charge is 2.23. The zero-order valence-corrected chi connectivity index (χ0v) is 11.7. The van der Waals surface area contributed by atoms with Crippen LogP contribution in [0.25, 0.3) is 11.3 Å². The van der Waals surface area contributed by atoms with Gasteiger partial charge in [-0.15, -0.1) is 0 Å². The van der Waals surface area contributed by atoms with Crippen LogP contribution in [0, 0.1) is 0 Å². The van der Waals surface area contributed by atoms with Crippen LogP contribution in [0.1, 0.15) is 31.7 Å². The van der Waals surface area contributed by atoms with E-state index >= 15 is 0 Å². The van der Waals surface area contributed by atoms with Gasteiger partial charge in [0.15, 0.2) is 0 Å². The lowest BCUT2D eigenvalue weighted by atomic mass is 9.97. The van der Waals surface area contributed by atoms with Gasteiger partial charge >= 0.3 is 0 Å². The SMILES string of the molecule is C[C@@H]1CN(C2=c3cccc4c3=C(CC2)CC4)CCN1. The maximum Gasteiger partial charge on any atom is 0.0327 e. The summed E-state index contributed by atoms with van der Waals surface area (Å²) in [6.07, 6.45) is 5.11. The van der Waals surface area contributed by atoms with Gasteiger partial charge in [-0.25, -0.2) is 0 Å². The molecule has 1 N–H and O–H groups in total. The van der Waals surface area contributed by atoms with Crippen LogP contribution in [0.15, 0.2) is 18.2 Å². The van der Waals surface area contributed by atoms with E-state index in [1.165, 1.54) is 32.2 Å². The number of hydrogen-bond donors (Lipinski definition) is 1. The molecule has 0 saturated carbocycles. The van der Waals surface area contributed by atoms with E-state index in [0.29, 0.717) is 6.04 Å². The molecule has 1 aromatic rings. The first-order chi connectivity index (χ1) is 9.33. The molecule has 1 fully saturated rings. The first-order valence-electron chi connectivity index (χ1n) is 7.64. The number of hydrogen-bond acceptors (Lipinski definition) is 2. The molecule has 2 heteroatoms. The summed E-state index contributed by atoms with van der Waals surface area (Å²) in [7, 11) is 0. The maximum absolute atomic E-state index is 3.55. The fourth-order valence-corrected chi connectivity index (χ4v) is 4.04. The summed E-state index contributed by atoms with van der Waals surface area (Å²) in [6.45, 7) is 5.74. The molecule has 2 aliphatic carbocycles. The van der Waals surface area contributed by atoms with Crippen molar-refractivity contribution in [1.29, 1.82) is 0 Å². The minimum atomic E-state index is 0.614. The number of benzene rings is 1. The predicted octanol–water partition coefficient (Wildman–Crippen LogP) is 0.979. The Hall–Kier alpha value is -1.28. The molecule has 1 aromatic carbocycles. The number of aryl methyl sites for hydroxylation is 1. The van der Waals surface area contributed by atoms with E-state index in [2.05, 4.69) is 35.3 Å². The monoisotopic (exact) mass is 254 g/mol. The Labute approximate surface area is 114 Å². The van der Waals surface area contributed by atoms with Crippen LogP contribution in [-0.2, 0) is 6.42 Å². The summed E-state index contributed by atoms with van der Waals surface area (Å²) >= 11 is 0. The summed E-state index contributed by atoms with van der Waals surface area (Å²) in [4.78, 5) is 2.63. The second kappa shape index (κ2) is 4.38. The predicted molar refractivity (Wildman–Crippen MR) is 79.1 cm³/mol. The van der Waals surface area contributed by atoms with Gasteiger partial charge in [0.05, 0.1) is 0 Å². The third-order valence-corrected chi connectivity index (χ3v) is 4.93. The molecule has 0 spiro atoms. The molecule has 1 atom stereocenters. The van der Waals surface area contributed by atoms with Crippen molar-refractivity contribution >= 4 is 11.3 Å². The number of nitrogens with one attached hydrogen (secondary N) is 1. The van der Waals surface area contributed by atoms with Crippen molar-refractivity contribution < 1.29 is 0 Å². The van der Waals surface area contributed by atoms with Crippen molar-refractivity contribution in [2.24, 2.45) is 0 Å². The number of piperazine rings is 1. The van der Waals surface area contributed by atoms with Crippen molar-refractivity contribution in [2.45, 2.75) is 38.6 Å². The maximum atomic E-state index is 3.55. The second-order valence-corrected chi connectivity index (χ2v) is 6.19. The Balaban J connectivity index is 1.89. The molecular weight excluding hydrogens is 232 g/mol. The van der Waals surface area contributed by atoms with Crippen LogP contribution in [-0.4, -0.2) is 30.6 Å². The standard InChI is InChI=1S/C17H22N2/c1-12-11-19(10-9-18-12)16-8-7-14-6-5-13-3-2-4-15(16)17(13)14/h2-4,12,18H,5-11H2,1H3/t12-/m1/s1. The zero-order chi connectivity index (χ0) is 12.8. The molecule has 3 aliphatic rings. The lowest BCUT2D eigenvalue weighted by molar-refractivity contribution is 0.281. The summed E-state index contributed by atoms with van der Waals surface area (Å²) in [5.74, 6) is 0. The van der Waals surface area contributed by atoms with Crippen LogP contribution >= 0.6 is 0 Å². The largest absolute Gasteiger partial charge is 0.371 e. The summed E-state index contributed by atoms with van der Waals surface area (Å²) in [5, 5.41) is 6.71. The lowest BCUT2D eigenvalue weighted by Crippen LogP contribution is -2.50. The minimum Gasteiger partial charge on any atom is -0.371 e. The van der Waals surface area contributed by atoms with E-state index in [9.17, 15) is 0 Å². The van der Waals surface area contributed by atoms with Gasteiger partial charge in [0.2, 0.25) is 0 Å². The molecule has 19 heavy (non-hydrogen) atoms. The highest BCUT2D eigenvalue weighted by molar-refractivity contribution is 5.61. The second-order valence-electron chi connectivity index (χ2n) is 6.19. The van der Waals surface area contributed by atoms with Crippen molar-refractivity contribution in [3.05, 3.63) is 34.2 Å². The molecule has 1 saturated heterocycles. The van der Waals surface area contributed by atoms with Gasteiger partial charge in [-0.1, -0.05) is 23.8 Å². The molecule has 1 aliphatic heterocycles. The van der Waals surface area contributed by atoms with Crippen molar-refractivity contribution in [3.63, 3.8) is 0 Å². The molecule has 0 bridgehead atoms. The van der Waals surface area contributed by atoms with Gasteiger partial charge in [0.25, 0.3) is 0 Å². The Bertz CT molecular complexity index is 629. The molecule has 0 aromatic heterocycles. The van der Waals surface area contributed by atoms with E-state index in [0.717, 1.165) is 13.1 Å². The molecule has 0 unspecified atom stereocenters. The molecule has 0 amide bonds. The van der Waals surface area contributed by atoms with E-state index in [1.54, 1.807) is 27.3 Å². The van der Waals surface area contributed by atoms with E-state index in [1.807, 2.05) is 0 Å². The Morgan fingerprint density at radius 1 is 1.16 bits per heavy atom. The van der Waals surface area contributed by atoms with Crippen LogP contribution in [0.3, 0.4) is 0 Å². The van der Waals surface area contributed by atoms with Crippen LogP contribution in [0.2, 0.25) is 0 Å². The average molecular weight is 254 g/mol. The normalized spacial score (nSPS) is 25.7. The molecule has 1 heterocycles. The minimum absolute atomic E-state index is 0.614. The quantitative estimate of drug-likeness (QED) is 0.804. The number of rotatable bonds is 1. The fourth-order valence-electron chi connectivity index (χ4n) is 4.04. The molecular formula is C17H22N2. The van der Waals surface area contributed by atoms with Gasteiger partial charge in [0.1, 0.15) is 0 Å².